The first-order chi connectivity index (χ1) is 14.5. The van der Waals surface area contributed by atoms with E-state index < -0.39 is 0 Å². The summed E-state index contributed by atoms with van der Waals surface area (Å²) in [5, 5.41) is 10.5. The molecule has 0 saturated heterocycles. The highest BCUT2D eigenvalue weighted by Crippen LogP contribution is 2.26. The molecule has 2 heterocycles. The summed E-state index contributed by atoms with van der Waals surface area (Å²) in [6, 6.07) is 18.3. The predicted octanol–water partition coefficient (Wildman–Crippen LogP) is 4.78. The Morgan fingerprint density at radius 2 is 1.77 bits per heavy atom. The second kappa shape index (κ2) is 8.63. The topological polar surface area (TPSA) is 59.8 Å². The molecule has 0 fully saturated rings. The number of benzene rings is 2. The minimum absolute atomic E-state index is 0.0101. The van der Waals surface area contributed by atoms with Crippen LogP contribution in [0.5, 0.6) is 0 Å². The molecule has 30 heavy (non-hydrogen) atoms. The Hall–Kier alpha value is -3.25. The second-order valence-corrected chi connectivity index (χ2v) is 8.22. The number of nitrogens with zero attached hydrogens (tertiary/aromatic N) is 3. The van der Waals surface area contributed by atoms with Crippen LogP contribution in [0.3, 0.4) is 0 Å². The monoisotopic (exact) mass is 416 g/mol. The molecule has 6 heteroatoms. The van der Waals surface area contributed by atoms with Crippen molar-refractivity contribution in [3.05, 3.63) is 88.1 Å². The highest BCUT2D eigenvalue weighted by Gasteiger charge is 2.18. The van der Waals surface area contributed by atoms with Crippen LogP contribution in [0.1, 0.15) is 28.1 Å². The molecule has 2 aromatic heterocycles. The Labute approximate surface area is 180 Å². The number of rotatable bonds is 6. The number of carbonyl (C=O) groups excluding carboxylic acids is 1. The van der Waals surface area contributed by atoms with Crippen molar-refractivity contribution in [1.82, 2.24) is 20.1 Å². The number of hydrogen-bond donors (Lipinski definition) is 1. The van der Waals surface area contributed by atoms with E-state index in [2.05, 4.69) is 41.6 Å². The molecule has 0 aliphatic heterocycles. The summed E-state index contributed by atoms with van der Waals surface area (Å²) in [5.74, 6) is -0.0101. The lowest BCUT2D eigenvalue weighted by Crippen LogP contribution is -2.25. The van der Waals surface area contributed by atoms with E-state index in [0.29, 0.717) is 13.0 Å². The standard InChI is InChI=1S/C24H24N4OS/c1-16-9-11-20(12-10-16)22-15-30-24(26-22)28-18(3)21(17(2)27-28)13-23(29)25-14-19-7-5-4-6-8-19/h4-12,15H,13-14H2,1-3H3,(H,25,29). The Bertz CT molecular complexity index is 1160. The first-order valence-electron chi connectivity index (χ1n) is 9.90. The molecule has 4 aromatic rings. The fraction of sp³-hybridized carbons (Fsp3) is 0.208. The quantitative estimate of drug-likeness (QED) is 0.492. The van der Waals surface area contributed by atoms with Crippen LogP contribution >= 0.6 is 11.3 Å². The maximum atomic E-state index is 12.5. The van der Waals surface area contributed by atoms with E-state index in [0.717, 1.165) is 38.9 Å². The molecule has 0 aliphatic rings. The van der Waals surface area contributed by atoms with E-state index in [1.807, 2.05) is 54.2 Å². The molecular weight excluding hydrogens is 392 g/mol. The minimum Gasteiger partial charge on any atom is -0.352 e. The van der Waals surface area contributed by atoms with Gasteiger partial charge in [0.05, 0.1) is 17.8 Å². The lowest BCUT2D eigenvalue weighted by atomic mass is 10.1. The summed E-state index contributed by atoms with van der Waals surface area (Å²) < 4.78 is 1.84. The van der Waals surface area contributed by atoms with Crippen molar-refractivity contribution in [3.63, 3.8) is 0 Å². The molecule has 0 radical (unpaired) electrons. The minimum atomic E-state index is -0.0101. The van der Waals surface area contributed by atoms with E-state index in [1.165, 1.54) is 5.56 Å². The van der Waals surface area contributed by atoms with Crippen LogP contribution in [-0.4, -0.2) is 20.7 Å². The Balaban J connectivity index is 1.49. The Morgan fingerprint density at radius 1 is 1.03 bits per heavy atom. The fourth-order valence-corrected chi connectivity index (χ4v) is 4.19. The third-order valence-corrected chi connectivity index (χ3v) is 5.95. The van der Waals surface area contributed by atoms with Crippen LogP contribution in [0.15, 0.2) is 60.0 Å². The van der Waals surface area contributed by atoms with Crippen molar-refractivity contribution >= 4 is 17.2 Å². The van der Waals surface area contributed by atoms with Crippen molar-refractivity contribution in [2.24, 2.45) is 0 Å². The zero-order valence-corrected chi connectivity index (χ0v) is 18.2. The summed E-state index contributed by atoms with van der Waals surface area (Å²) >= 11 is 1.55. The van der Waals surface area contributed by atoms with Gasteiger partial charge in [0.2, 0.25) is 11.0 Å². The molecule has 0 saturated carbocycles. The van der Waals surface area contributed by atoms with Crippen molar-refractivity contribution in [1.29, 1.82) is 0 Å². The zero-order valence-electron chi connectivity index (χ0n) is 17.3. The number of carbonyl (C=O) groups is 1. The number of aryl methyl sites for hydroxylation is 2. The molecule has 0 atom stereocenters. The number of thiazole rings is 1. The number of amides is 1. The normalized spacial score (nSPS) is 10.9. The SMILES string of the molecule is Cc1ccc(-c2csc(-n3nc(C)c(CC(=O)NCc4ccccc4)c3C)n2)cc1. The first kappa shape index (κ1) is 20.0. The molecule has 152 valence electrons. The summed E-state index contributed by atoms with van der Waals surface area (Å²) in [4.78, 5) is 17.3. The van der Waals surface area contributed by atoms with Gasteiger partial charge < -0.3 is 5.32 Å². The molecule has 0 spiro atoms. The average Bonchev–Trinajstić information content (AvgIpc) is 3.34. The van der Waals surface area contributed by atoms with E-state index in [9.17, 15) is 4.79 Å². The Kier molecular flexibility index (Phi) is 5.77. The number of aromatic nitrogens is 3. The van der Waals surface area contributed by atoms with Gasteiger partial charge in [-0.1, -0.05) is 60.2 Å². The molecule has 4 rings (SSSR count). The molecule has 1 N–H and O–H groups in total. The van der Waals surface area contributed by atoms with Crippen LogP contribution in [0.2, 0.25) is 0 Å². The highest BCUT2D eigenvalue weighted by atomic mass is 32.1. The third kappa shape index (κ3) is 4.33. The maximum absolute atomic E-state index is 12.5. The highest BCUT2D eigenvalue weighted by molar-refractivity contribution is 7.12. The maximum Gasteiger partial charge on any atom is 0.224 e. The Morgan fingerprint density at radius 3 is 2.50 bits per heavy atom. The summed E-state index contributed by atoms with van der Waals surface area (Å²) in [5.41, 5.74) is 7.09. The zero-order chi connectivity index (χ0) is 21.1. The van der Waals surface area contributed by atoms with Crippen molar-refractivity contribution in [3.8, 4) is 16.4 Å². The van der Waals surface area contributed by atoms with Gasteiger partial charge in [0, 0.05) is 28.7 Å². The van der Waals surface area contributed by atoms with Gasteiger partial charge in [0.1, 0.15) is 0 Å². The lowest BCUT2D eigenvalue weighted by Gasteiger charge is -2.06. The van der Waals surface area contributed by atoms with Gasteiger partial charge in [-0.2, -0.15) is 5.10 Å². The molecule has 0 aliphatic carbocycles. The van der Waals surface area contributed by atoms with Gasteiger partial charge >= 0.3 is 0 Å². The van der Waals surface area contributed by atoms with Crippen molar-refractivity contribution < 1.29 is 4.79 Å². The average molecular weight is 417 g/mol. The van der Waals surface area contributed by atoms with E-state index in [-0.39, 0.29) is 5.91 Å². The summed E-state index contributed by atoms with van der Waals surface area (Å²) in [7, 11) is 0. The molecular formula is C24H24N4OS. The number of nitrogens with one attached hydrogen (secondary N) is 1. The van der Waals surface area contributed by atoms with Crippen LogP contribution < -0.4 is 5.32 Å². The smallest absolute Gasteiger partial charge is 0.224 e. The summed E-state index contributed by atoms with van der Waals surface area (Å²) in [6.45, 7) is 6.53. The van der Waals surface area contributed by atoms with Crippen LogP contribution in [-0.2, 0) is 17.8 Å². The molecule has 0 unspecified atom stereocenters. The van der Waals surface area contributed by atoms with Crippen LogP contribution in [0, 0.1) is 20.8 Å². The van der Waals surface area contributed by atoms with Gasteiger partial charge in [-0.25, -0.2) is 9.67 Å². The summed E-state index contributed by atoms with van der Waals surface area (Å²) in [6.07, 6.45) is 0.306. The van der Waals surface area contributed by atoms with Gasteiger partial charge in [-0.3, -0.25) is 4.79 Å². The molecule has 1 amide bonds. The fourth-order valence-electron chi connectivity index (χ4n) is 3.36. The molecule has 0 bridgehead atoms. The van der Waals surface area contributed by atoms with Crippen LogP contribution in [0.4, 0.5) is 0 Å². The molecule has 5 nitrogen and oxygen atoms in total. The van der Waals surface area contributed by atoms with Crippen molar-refractivity contribution in [2.45, 2.75) is 33.7 Å². The van der Waals surface area contributed by atoms with E-state index in [1.54, 1.807) is 11.3 Å². The molecule has 2 aromatic carbocycles. The van der Waals surface area contributed by atoms with Crippen molar-refractivity contribution in [2.75, 3.05) is 0 Å². The second-order valence-electron chi connectivity index (χ2n) is 7.38. The van der Waals surface area contributed by atoms with Gasteiger partial charge in [0.15, 0.2) is 0 Å². The number of hydrogen-bond acceptors (Lipinski definition) is 4. The lowest BCUT2D eigenvalue weighted by molar-refractivity contribution is -0.120. The van der Waals surface area contributed by atoms with Gasteiger partial charge in [-0.15, -0.1) is 11.3 Å². The van der Waals surface area contributed by atoms with Gasteiger partial charge in [0.25, 0.3) is 0 Å². The van der Waals surface area contributed by atoms with Crippen LogP contribution in [0.25, 0.3) is 16.4 Å². The predicted molar refractivity (Wildman–Crippen MR) is 121 cm³/mol. The van der Waals surface area contributed by atoms with Gasteiger partial charge in [-0.05, 0) is 26.3 Å². The van der Waals surface area contributed by atoms with E-state index >= 15 is 0 Å². The first-order valence-corrected chi connectivity index (χ1v) is 10.8. The van der Waals surface area contributed by atoms with E-state index in [4.69, 9.17) is 4.98 Å². The third-order valence-electron chi connectivity index (χ3n) is 5.13. The largest absolute Gasteiger partial charge is 0.352 e.